The quantitative estimate of drug-likeness (QED) is 0.585. The average Bonchev–Trinajstić information content (AvgIpc) is 2.29. The van der Waals surface area contributed by atoms with Crippen LogP contribution in [0.5, 0.6) is 5.75 Å². The van der Waals surface area contributed by atoms with Crippen molar-refractivity contribution in [2.45, 2.75) is 6.61 Å². The van der Waals surface area contributed by atoms with Crippen molar-refractivity contribution in [3.8, 4) is 5.75 Å². The van der Waals surface area contributed by atoms with Gasteiger partial charge < -0.3 is 21.7 Å². The third-order valence-corrected chi connectivity index (χ3v) is 2.40. The second-order valence-electron chi connectivity index (χ2n) is 3.12. The van der Waals surface area contributed by atoms with Crippen molar-refractivity contribution in [3.63, 3.8) is 0 Å². The number of rotatable bonds is 3. The Morgan fingerprint density at radius 1 is 1.12 bits per heavy atom. The second kappa shape index (κ2) is 8.81. The van der Waals surface area contributed by atoms with Crippen molar-refractivity contribution in [2.75, 3.05) is 0 Å². The molecule has 0 spiro atoms. The molecule has 0 heterocycles. The van der Waals surface area contributed by atoms with Gasteiger partial charge in [0.05, 0.1) is 6.61 Å². The van der Waals surface area contributed by atoms with E-state index in [9.17, 15) is 0 Å². The molecule has 0 unspecified atom stereocenters. The molecule has 2 aromatic rings. The fourth-order valence-corrected chi connectivity index (χ4v) is 1.43. The first-order valence-corrected chi connectivity index (χ1v) is 5.06. The summed E-state index contributed by atoms with van der Waals surface area (Å²) in [5.41, 5.74) is 0.989. The maximum absolute atomic E-state index is 6.00. The van der Waals surface area contributed by atoms with E-state index in [4.69, 9.17) is 16.3 Å². The molecular formula is C13H10BrClMgO. The van der Waals surface area contributed by atoms with Gasteiger partial charge in [-0.1, -0.05) is 29.8 Å². The van der Waals surface area contributed by atoms with Crippen molar-refractivity contribution in [1.82, 2.24) is 0 Å². The van der Waals surface area contributed by atoms with Crippen LogP contribution < -0.4 is 21.7 Å². The summed E-state index contributed by atoms with van der Waals surface area (Å²) in [6.45, 7) is 0.484. The van der Waals surface area contributed by atoms with E-state index in [-0.39, 0.29) is 40.0 Å². The molecule has 0 aliphatic carbocycles. The van der Waals surface area contributed by atoms with E-state index in [1.54, 1.807) is 6.07 Å². The second-order valence-corrected chi connectivity index (χ2v) is 3.53. The minimum absolute atomic E-state index is 0. The Morgan fingerprint density at radius 2 is 1.88 bits per heavy atom. The molecule has 0 saturated carbocycles. The Labute approximate surface area is 133 Å². The van der Waals surface area contributed by atoms with Gasteiger partial charge in [0, 0.05) is 16.3 Å². The van der Waals surface area contributed by atoms with Crippen LogP contribution in [0.3, 0.4) is 0 Å². The van der Waals surface area contributed by atoms with Crippen LogP contribution in [-0.2, 0) is 6.61 Å². The molecular weight excluding hydrogens is 312 g/mol. The van der Waals surface area contributed by atoms with E-state index < -0.39 is 0 Å². The Hall–Kier alpha value is -0.224. The van der Waals surface area contributed by atoms with Crippen LogP contribution in [0.25, 0.3) is 0 Å². The first-order chi connectivity index (χ1) is 7.36. The zero-order chi connectivity index (χ0) is 10.5. The van der Waals surface area contributed by atoms with E-state index in [0.29, 0.717) is 6.61 Å². The van der Waals surface area contributed by atoms with Crippen molar-refractivity contribution < 1.29 is 21.7 Å². The maximum atomic E-state index is 6.00. The largest absolute Gasteiger partial charge is 2.00 e. The monoisotopic (exact) mass is 320 g/mol. The van der Waals surface area contributed by atoms with Crippen LogP contribution in [0.4, 0.5) is 0 Å². The zero-order valence-electron chi connectivity index (χ0n) is 9.20. The normalized spacial score (nSPS) is 8.76. The Balaban J connectivity index is 0.00000128. The van der Waals surface area contributed by atoms with Gasteiger partial charge in [-0.15, -0.1) is 12.1 Å². The Morgan fingerprint density at radius 3 is 2.53 bits per heavy atom. The minimum atomic E-state index is 0. The third-order valence-electron chi connectivity index (χ3n) is 2.03. The summed E-state index contributed by atoms with van der Waals surface area (Å²) in [5.74, 6) is 0.803. The Bertz CT molecular complexity index is 436. The molecule has 17 heavy (non-hydrogen) atoms. The predicted molar refractivity (Wildman–Crippen MR) is 66.8 cm³/mol. The van der Waals surface area contributed by atoms with Gasteiger partial charge in [0.1, 0.15) is 0 Å². The SMILES string of the molecule is Clc1ccccc1COc1c[c-]ccc1.[Br-].[Mg+2]. The first kappa shape index (κ1) is 16.8. The number of ether oxygens (including phenoxy) is 1. The summed E-state index contributed by atoms with van der Waals surface area (Å²) in [4.78, 5) is 0. The molecule has 4 heteroatoms. The van der Waals surface area contributed by atoms with Gasteiger partial charge in [0.15, 0.2) is 0 Å². The van der Waals surface area contributed by atoms with E-state index in [2.05, 4.69) is 6.07 Å². The minimum Gasteiger partial charge on any atom is -1.00 e. The summed E-state index contributed by atoms with van der Waals surface area (Å²) in [7, 11) is 0. The molecule has 0 amide bonds. The molecule has 2 rings (SSSR count). The van der Waals surface area contributed by atoms with Gasteiger partial charge in [-0.3, -0.25) is 0 Å². The standard InChI is InChI=1S/C13H10ClO.BrH.Mg/c14-13-9-5-4-6-11(13)10-15-12-7-2-1-3-8-12;;/h1-2,4-9H,10H2;1H;/q-1;;+2/p-1. The van der Waals surface area contributed by atoms with E-state index in [1.807, 2.05) is 42.5 Å². The Kier molecular flexibility index (Phi) is 8.69. The van der Waals surface area contributed by atoms with Crippen LogP contribution in [0.1, 0.15) is 5.56 Å². The first-order valence-electron chi connectivity index (χ1n) is 4.68. The van der Waals surface area contributed by atoms with Crippen LogP contribution in [0.2, 0.25) is 5.02 Å². The molecule has 0 fully saturated rings. The summed E-state index contributed by atoms with van der Waals surface area (Å²) < 4.78 is 5.56. The van der Waals surface area contributed by atoms with Crippen LogP contribution in [0.15, 0.2) is 48.5 Å². The van der Waals surface area contributed by atoms with Crippen molar-refractivity contribution >= 4 is 34.7 Å². The van der Waals surface area contributed by atoms with Crippen molar-refractivity contribution in [3.05, 3.63) is 65.2 Å². The molecule has 84 valence electrons. The zero-order valence-corrected chi connectivity index (χ0v) is 13.0. The molecule has 0 aliphatic heterocycles. The van der Waals surface area contributed by atoms with E-state index in [1.165, 1.54) is 0 Å². The predicted octanol–water partition coefficient (Wildman–Crippen LogP) is 0.342. The van der Waals surface area contributed by atoms with Gasteiger partial charge in [0.2, 0.25) is 0 Å². The summed E-state index contributed by atoms with van der Waals surface area (Å²) in [6, 6.07) is 18.0. The van der Waals surface area contributed by atoms with Crippen molar-refractivity contribution in [2.24, 2.45) is 0 Å². The van der Waals surface area contributed by atoms with E-state index >= 15 is 0 Å². The van der Waals surface area contributed by atoms with Gasteiger partial charge >= 0.3 is 23.1 Å². The molecule has 1 nitrogen and oxygen atoms in total. The number of hydrogen-bond donors (Lipinski definition) is 0. The molecule has 2 aromatic carbocycles. The topological polar surface area (TPSA) is 9.23 Å². The summed E-state index contributed by atoms with van der Waals surface area (Å²) >= 11 is 6.00. The van der Waals surface area contributed by atoms with Gasteiger partial charge in [-0.05, 0) is 6.07 Å². The fraction of sp³-hybridized carbons (Fsp3) is 0.0769. The molecule has 0 atom stereocenters. The van der Waals surface area contributed by atoms with Gasteiger partial charge in [-0.25, -0.2) is 0 Å². The smallest absolute Gasteiger partial charge is 1.00 e. The van der Waals surface area contributed by atoms with Gasteiger partial charge in [0.25, 0.3) is 0 Å². The summed E-state index contributed by atoms with van der Waals surface area (Å²) in [5, 5.41) is 0.734. The maximum Gasteiger partial charge on any atom is 2.00 e. The molecule has 0 N–H and O–H groups in total. The average molecular weight is 322 g/mol. The van der Waals surface area contributed by atoms with E-state index in [0.717, 1.165) is 16.3 Å². The summed E-state index contributed by atoms with van der Waals surface area (Å²) in [6.07, 6.45) is 0. The molecule has 0 saturated heterocycles. The van der Waals surface area contributed by atoms with Crippen LogP contribution in [-0.4, -0.2) is 23.1 Å². The molecule has 0 aliphatic rings. The van der Waals surface area contributed by atoms with Crippen molar-refractivity contribution in [1.29, 1.82) is 0 Å². The molecule has 0 radical (unpaired) electrons. The van der Waals surface area contributed by atoms with Crippen LogP contribution in [0, 0.1) is 6.07 Å². The third kappa shape index (κ3) is 5.30. The fourth-order valence-electron chi connectivity index (χ4n) is 1.24. The number of benzene rings is 2. The molecule has 0 aromatic heterocycles. The number of hydrogen-bond acceptors (Lipinski definition) is 1. The number of halogens is 2. The van der Waals surface area contributed by atoms with Gasteiger partial charge in [-0.2, -0.15) is 18.2 Å². The molecule has 0 bridgehead atoms. The van der Waals surface area contributed by atoms with Crippen LogP contribution >= 0.6 is 11.6 Å².